The maximum Gasteiger partial charge on any atom is 0.0491 e. The predicted octanol–water partition coefficient (Wildman–Crippen LogP) is 4.17. The third kappa shape index (κ3) is 6.74. The Hall–Kier alpha value is -0.570. The zero-order chi connectivity index (χ0) is 15.2. The molecule has 2 atom stereocenters. The maximum atomic E-state index is 6.08. The van der Waals surface area contributed by atoms with Crippen molar-refractivity contribution in [3.63, 3.8) is 0 Å². The van der Waals surface area contributed by atoms with E-state index < -0.39 is 0 Å². The zero-order valence-electron chi connectivity index (χ0n) is 13.4. The Kier molecular flexibility index (Phi) is 7.01. The predicted molar refractivity (Wildman–Crippen MR) is 87.4 cm³/mol. The molecule has 1 aromatic rings. The van der Waals surface area contributed by atoms with E-state index in [1.807, 2.05) is 12.1 Å². The quantitative estimate of drug-likeness (QED) is 0.815. The molecule has 3 heteroatoms. The number of methoxy groups -OCH3 is 1. The first-order valence-corrected chi connectivity index (χ1v) is 7.68. The van der Waals surface area contributed by atoms with Crippen LogP contribution in [0.4, 0.5) is 0 Å². The van der Waals surface area contributed by atoms with Crippen LogP contribution in [0.5, 0.6) is 0 Å². The minimum absolute atomic E-state index is 0.138. The highest BCUT2D eigenvalue weighted by Gasteiger charge is 2.20. The number of hydrogen-bond acceptors (Lipinski definition) is 2. The lowest BCUT2D eigenvalue weighted by molar-refractivity contribution is 0.125. The number of hydrogen-bond donors (Lipinski definition) is 1. The number of rotatable bonds is 7. The molecule has 0 aliphatic heterocycles. The molecule has 0 spiro atoms. The van der Waals surface area contributed by atoms with E-state index in [1.54, 1.807) is 7.11 Å². The third-order valence-electron chi connectivity index (χ3n) is 3.52. The van der Waals surface area contributed by atoms with Crippen LogP contribution in [0.2, 0.25) is 5.02 Å². The van der Waals surface area contributed by atoms with Gasteiger partial charge in [0.15, 0.2) is 0 Å². The van der Waals surface area contributed by atoms with Gasteiger partial charge in [-0.1, -0.05) is 30.7 Å². The third-order valence-corrected chi connectivity index (χ3v) is 3.75. The molecule has 2 unspecified atom stereocenters. The fourth-order valence-corrected chi connectivity index (χ4v) is 2.49. The molecule has 0 aliphatic carbocycles. The van der Waals surface area contributed by atoms with Crippen LogP contribution in [0, 0.1) is 11.8 Å². The molecule has 1 N–H and O–H groups in total. The van der Waals surface area contributed by atoms with Gasteiger partial charge in [-0.25, -0.2) is 0 Å². The molecule has 0 aromatic heterocycles. The summed E-state index contributed by atoms with van der Waals surface area (Å²) in [5.41, 5.74) is 1.43. The highest BCUT2D eigenvalue weighted by Crippen LogP contribution is 2.20. The Labute approximate surface area is 128 Å². The van der Waals surface area contributed by atoms with Crippen LogP contribution in [0.1, 0.15) is 33.3 Å². The largest absolute Gasteiger partial charge is 0.384 e. The van der Waals surface area contributed by atoms with Crippen LogP contribution >= 0.6 is 11.6 Å². The molecule has 2 nitrogen and oxygen atoms in total. The van der Waals surface area contributed by atoms with E-state index in [-0.39, 0.29) is 5.54 Å². The molecular formula is C17H28ClNO. The van der Waals surface area contributed by atoms with Crippen LogP contribution < -0.4 is 5.32 Å². The van der Waals surface area contributed by atoms with Crippen LogP contribution in [-0.4, -0.2) is 25.8 Å². The lowest BCUT2D eigenvalue weighted by Gasteiger charge is -2.29. The molecule has 0 amide bonds. The van der Waals surface area contributed by atoms with Crippen molar-refractivity contribution >= 4 is 11.6 Å². The Bertz CT molecular complexity index is 400. The second-order valence-corrected chi connectivity index (χ2v) is 7.09. The van der Waals surface area contributed by atoms with Crippen molar-refractivity contribution in [2.75, 3.05) is 20.3 Å². The first kappa shape index (κ1) is 17.5. The average molecular weight is 298 g/mol. The highest BCUT2D eigenvalue weighted by molar-refractivity contribution is 6.30. The monoisotopic (exact) mass is 297 g/mol. The first-order valence-electron chi connectivity index (χ1n) is 7.30. The van der Waals surface area contributed by atoms with Gasteiger partial charge in [-0.3, -0.25) is 0 Å². The summed E-state index contributed by atoms with van der Waals surface area (Å²) in [6.45, 7) is 10.6. The summed E-state index contributed by atoms with van der Waals surface area (Å²) in [6, 6.07) is 8.15. The number of halogens is 1. The summed E-state index contributed by atoms with van der Waals surface area (Å²) in [7, 11) is 1.77. The Morgan fingerprint density at radius 3 is 2.55 bits per heavy atom. The van der Waals surface area contributed by atoms with Gasteiger partial charge in [0, 0.05) is 24.3 Å². The standard InChI is InChI=1S/C17H28ClNO/c1-13(12-20-5)15(11-19-17(2,3)4)9-14-7-6-8-16(18)10-14/h6-8,10,13,15,19H,9,11-12H2,1-5H3. The average Bonchev–Trinajstić information content (AvgIpc) is 2.33. The van der Waals surface area contributed by atoms with Crippen molar-refractivity contribution < 1.29 is 4.74 Å². The van der Waals surface area contributed by atoms with Crippen LogP contribution in [0.3, 0.4) is 0 Å². The molecule has 0 saturated heterocycles. The summed E-state index contributed by atoms with van der Waals surface area (Å²) in [6.07, 6.45) is 1.02. The summed E-state index contributed by atoms with van der Waals surface area (Å²) < 4.78 is 5.32. The number of ether oxygens (including phenoxy) is 1. The van der Waals surface area contributed by atoms with E-state index in [0.717, 1.165) is 24.6 Å². The molecule has 0 radical (unpaired) electrons. The molecule has 0 saturated carbocycles. The van der Waals surface area contributed by atoms with Gasteiger partial charge in [-0.05, 0) is 63.3 Å². The number of nitrogens with one attached hydrogen (secondary N) is 1. The van der Waals surface area contributed by atoms with E-state index in [4.69, 9.17) is 16.3 Å². The van der Waals surface area contributed by atoms with Gasteiger partial charge in [-0.2, -0.15) is 0 Å². The fourth-order valence-electron chi connectivity index (χ4n) is 2.28. The molecule has 0 bridgehead atoms. The van der Waals surface area contributed by atoms with E-state index in [9.17, 15) is 0 Å². The van der Waals surface area contributed by atoms with Gasteiger partial charge < -0.3 is 10.1 Å². The van der Waals surface area contributed by atoms with Gasteiger partial charge in [0.05, 0.1) is 0 Å². The molecule has 1 aromatic carbocycles. The van der Waals surface area contributed by atoms with Crippen molar-refractivity contribution in [1.29, 1.82) is 0 Å². The molecule has 0 fully saturated rings. The summed E-state index contributed by atoms with van der Waals surface area (Å²) in [4.78, 5) is 0. The van der Waals surface area contributed by atoms with Gasteiger partial charge in [0.1, 0.15) is 0 Å². The second-order valence-electron chi connectivity index (χ2n) is 6.66. The molecule has 1 rings (SSSR count). The minimum Gasteiger partial charge on any atom is -0.384 e. The molecule has 0 heterocycles. The first-order chi connectivity index (χ1) is 9.31. The lowest BCUT2D eigenvalue weighted by atomic mass is 9.87. The number of benzene rings is 1. The van der Waals surface area contributed by atoms with E-state index in [1.165, 1.54) is 5.56 Å². The summed E-state index contributed by atoms with van der Waals surface area (Å²) in [5.74, 6) is 1.04. The van der Waals surface area contributed by atoms with Crippen molar-refractivity contribution in [2.24, 2.45) is 11.8 Å². The minimum atomic E-state index is 0.138. The van der Waals surface area contributed by atoms with Crippen molar-refractivity contribution in [2.45, 2.75) is 39.7 Å². The van der Waals surface area contributed by atoms with Gasteiger partial charge in [-0.15, -0.1) is 0 Å². The van der Waals surface area contributed by atoms with E-state index in [2.05, 4.69) is 45.1 Å². The normalized spacial score (nSPS) is 15.1. The van der Waals surface area contributed by atoms with Crippen molar-refractivity contribution in [3.05, 3.63) is 34.9 Å². The lowest BCUT2D eigenvalue weighted by Crippen LogP contribution is -2.41. The molecule has 0 aliphatic rings. The maximum absolute atomic E-state index is 6.08. The van der Waals surface area contributed by atoms with Crippen molar-refractivity contribution in [1.82, 2.24) is 5.32 Å². The molecular weight excluding hydrogens is 270 g/mol. The summed E-state index contributed by atoms with van der Waals surface area (Å²) in [5, 5.41) is 4.42. The highest BCUT2D eigenvalue weighted by atomic mass is 35.5. The Morgan fingerprint density at radius 1 is 1.30 bits per heavy atom. The smallest absolute Gasteiger partial charge is 0.0491 e. The van der Waals surface area contributed by atoms with E-state index >= 15 is 0 Å². The second kappa shape index (κ2) is 8.02. The molecule has 20 heavy (non-hydrogen) atoms. The SMILES string of the molecule is COCC(C)C(CNC(C)(C)C)Cc1cccc(Cl)c1. The van der Waals surface area contributed by atoms with Gasteiger partial charge in [0.2, 0.25) is 0 Å². The van der Waals surface area contributed by atoms with Crippen molar-refractivity contribution in [3.8, 4) is 0 Å². The van der Waals surface area contributed by atoms with E-state index in [0.29, 0.717) is 11.8 Å². The zero-order valence-corrected chi connectivity index (χ0v) is 14.1. The Balaban J connectivity index is 2.71. The van der Waals surface area contributed by atoms with Crippen LogP contribution in [0.15, 0.2) is 24.3 Å². The summed E-state index contributed by atoms with van der Waals surface area (Å²) >= 11 is 6.08. The van der Waals surface area contributed by atoms with Crippen LogP contribution in [0.25, 0.3) is 0 Å². The van der Waals surface area contributed by atoms with Gasteiger partial charge >= 0.3 is 0 Å². The van der Waals surface area contributed by atoms with Crippen LogP contribution in [-0.2, 0) is 11.2 Å². The topological polar surface area (TPSA) is 21.3 Å². The fraction of sp³-hybridized carbons (Fsp3) is 0.647. The Morgan fingerprint density at radius 2 is 2.00 bits per heavy atom. The molecule has 114 valence electrons. The van der Waals surface area contributed by atoms with Gasteiger partial charge in [0.25, 0.3) is 0 Å².